The predicted molar refractivity (Wildman–Crippen MR) is 72.4 cm³/mol. The van der Waals surface area contributed by atoms with Crippen LogP contribution in [0, 0.1) is 17.3 Å². The smallest absolute Gasteiger partial charge is 0.309 e. The summed E-state index contributed by atoms with van der Waals surface area (Å²) in [6.07, 6.45) is 3.51. The van der Waals surface area contributed by atoms with Crippen molar-refractivity contribution in [2.45, 2.75) is 65.1 Å². The van der Waals surface area contributed by atoms with Gasteiger partial charge in [0.1, 0.15) is 6.10 Å². The molecular weight excluding hydrogens is 240 g/mol. The molecule has 0 aromatic rings. The van der Waals surface area contributed by atoms with Crippen molar-refractivity contribution in [2.24, 2.45) is 17.3 Å². The fraction of sp³-hybridized carbons (Fsp3) is 0.812. The minimum Gasteiger partial charge on any atom is -0.457 e. The van der Waals surface area contributed by atoms with Crippen molar-refractivity contribution in [1.82, 2.24) is 0 Å². The second kappa shape index (κ2) is 3.85. The van der Waals surface area contributed by atoms with E-state index in [9.17, 15) is 9.90 Å². The molecule has 3 nitrogen and oxygen atoms in total. The molecule has 19 heavy (non-hydrogen) atoms. The monoisotopic (exact) mass is 264 g/mol. The third kappa shape index (κ3) is 1.57. The molecule has 3 rings (SSSR count). The normalized spacial score (nSPS) is 49.7. The van der Waals surface area contributed by atoms with Gasteiger partial charge in [0.05, 0.1) is 11.5 Å². The van der Waals surface area contributed by atoms with Gasteiger partial charge in [-0.05, 0) is 45.1 Å². The average molecular weight is 264 g/mol. The van der Waals surface area contributed by atoms with E-state index in [2.05, 4.69) is 13.8 Å². The predicted octanol–water partition coefficient (Wildman–Crippen LogP) is 2.83. The van der Waals surface area contributed by atoms with Crippen molar-refractivity contribution < 1.29 is 14.6 Å². The Kier molecular flexibility index (Phi) is 2.66. The molecule has 1 heterocycles. The molecule has 0 amide bonds. The van der Waals surface area contributed by atoms with Crippen molar-refractivity contribution >= 4 is 5.97 Å². The van der Waals surface area contributed by atoms with E-state index >= 15 is 0 Å². The Morgan fingerprint density at radius 1 is 1.32 bits per heavy atom. The van der Waals surface area contributed by atoms with Crippen molar-refractivity contribution in [1.29, 1.82) is 0 Å². The quantitative estimate of drug-likeness (QED) is 0.540. The molecule has 0 radical (unpaired) electrons. The topological polar surface area (TPSA) is 46.5 Å². The van der Waals surface area contributed by atoms with Crippen LogP contribution in [0.4, 0.5) is 0 Å². The van der Waals surface area contributed by atoms with Crippen LogP contribution in [0.25, 0.3) is 0 Å². The Hall–Kier alpha value is -0.830. The van der Waals surface area contributed by atoms with Gasteiger partial charge < -0.3 is 9.84 Å². The zero-order chi connectivity index (χ0) is 14.0. The lowest BCUT2D eigenvalue weighted by Crippen LogP contribution is -2.44. The summed E-state index contributed by atoms with van der Waals surface area (Å²) in [6.45, 7) is 8.21. The number of ether oxygens (including phenoxy) is 1. The Morgan fingerprint density at radius 2 is 2.00 bits per heavy atom. The van der Waals surface area contributed by atoms with Crippen molar-refractivity contribution in [3.05, 3.63) is 11.1 Å². The molecule has 1 saturated heterocycles. The first-order valence-corrected chi connectivity index (χ1v) is 7.41. The highest BCUT2D eigenvalue weighted by Crippen LogP contribution is 2.58. The standard InChI is InChI=1S/C16H24O3/c1-9-5-7-15(3)12(9)13-11(6-8-16(15,4)18)10(2)14(17)19-13/h10-11,13,18H,5-8H2,1-4H3. The molecule has 3 heteroatoms. The number of hydrogen-bond acceptors (Lipinski definition) is 3. The largest absolute Gasteiger partial charge is 0.457 e. The van der Waals surface area contributed by atoms with Gasteiger partial charge in [0, 0.05) is 11.3 Å². The molecule has 0 bridgehead atoms. The minimum absolute atomic E-state index is 0.0379. The lowest BCUT2D eigenvalue weighted by atomic mass is 9.68. The van der Waals surface area contributed by atoms with E-state index < -0.39 is 5.60 Å². The third-order valence-corrected chi connectivity index (χ3v) is 6.14. The third-order valence-electron chi connectivity index (χ3n) is 6.14. The SMILES string of the molecule is CC1=C2C3OC(=O)C(C)C3CCC(C)(O)C2(C)CC1. The maximum Gasteiger partial charge on any atom is 0.309 e. The molecule has 0 aromatic carbocycles. The molecule has 3 aliphatic rings. The van der Waals surface area contributed by atoms with Crippen LogP contribution in [0.1, 0.15) is 53.4 Å². The van der Waals surface area contributed by atoms with Crippen LogP contribution in [0.3, 0.4) is 0 Å². The number of carbonyl (C=O) groups is 1. The van der Waals surface area contributed by atoms with Gasteiger partial charge in [0.2, 0.25) is 0 Å². The fourth-order valence-electron chi connectivity index (χ4n) is 4.45. The van der Waals surface area contributed by atoms with Gasteiger partial charge in [-0.25, -0.2) is 0 Å². The van der Waals surface area contributed by atoms with Gasteiger partial charge in [0.25, 0.3) is 0 Å². The summed E-state index contributed by atoms with van der Waals surface area (Å²) in [4.78, 5) is 11.9. The zero-order valence-electron chi connectivity index (χ0n) is 12.3. The molecule has 0 aromatic heterocycles. The zero-order valence-corrected chi connectivity index (χ0v) is 12.3. The number of aliphatic hydroxyl groups is 1. The summed E-state index contributed by atoms with van der Waals surface area (Å²) >= 11 is 0. The first kappa shape index (κ1) is 13.2. The lowest BCUT2D eigenvalue weighted by Gasteiger charge is -2.42. The molecule has 1 N–H and O–H groups in total. The Labute approximate surface area is 115 Å². The highest BCUT2D eigenvalue weighted by Gasteiger charge is 2.58. The Balaban J connectivity index is 2.12. The molecule has 1 saturated carbocycles. The van der Waals surface area contributed by atoms with E-state index in [0.717, 1.165) is 25.7 Å². The first-order chi connectivity index (χ1) is 8.78. The fourth-order valence-corrected chi connectivity index (χ4v) is 4.45. The number of allylic oxidation sites excluding steroid dienone is 1. The second-order valence-corrected chi connectivity index (χ2v) is 7.15. The van der Waals surface area contributed by atoms with E-state index in [1.807, 2.05) is 13.8 Å². The van der Waals surface area contributed by atoms with Crippen LogP contribution in [0.2, 0.25) is 0 Å². The van der Waals surface area contributed by atoms with Gasteiger partial charge in [-0.2, -0.15) is 0 Å². The first-order valence-electron chi connectivity index (χ1n) is 7.41. The number of esters is 1. The van der Waals surface area contributed by atoms with Gasteiger partial charge in [0.15, 0.2) is 0 Å². The van der Waals surface area contributed by atoms with Crippen LogP contribution in [0.15, 0.2) is 11.1 Å². The molecule has 5 unspecified atom stereocenters. The molecule has 106 valence electrons. The molecule has 2 aliphatic carbocycles. The molecule has 5 atom stereocenters. The van der Waals surface area contributed by atoms with Crippen molar-refractivity contribution in [3.8, 4) is 0 Å². The minimum atomic E-state index is -0.698. The van der Waals surface area contributed by atoms with Crippen LogP contribution >= 0.6 is 0 Å². The van der Waals surface area contributed by atoms with E-state index in [1.54, 1.807) is 0 Å². The highest BCUT2D eigenvalue weighted by molar-refractivity contribution is 5.75. The molecule has 0 spiro atoms. The number of hydrogen-bond donors (Lipinski definition) is 1. The van der Waals surface area contributed by atoms with E-state index in [0.29, 0.717) is 0 Å². The summed E-state index contributed by atoms with van der Waals surface area (Å²) in [5, 5.41) is 10.9. The molecular formula is C16H24O3. The van der Waals surface area contributed by atoms with Gasteiger partial charge in [-0.15, -0.1) is 0 Å². The van der Waals surface area contributed by atoms with E-state index in [-0.39, 0.29) is 29.3 Å². The summed E-state index contributed by atoms with van der Waals surface area (Å²) in [7, 11) is 0. The lowest BCUT2D eigenvalue weighted by molar-refractivity contribution is -0.143. The Bertz CT molecular complexity index is 463. The molecule has 2 fully saturated rings. The van der Waals surface area contributed by atoms with Crippen molar-refractivity contribution in [2.75, 3.05) is 0 Å². The van der Waals surface area contributed by atoms with Crippen LogP contribution in [-0.2, 0) is 9.53 Å². The van der Waals surface area contributed by atoms with Gasteiger partial charge in [-0.1, -0.05) is 19.4 Å². The molecule has 1 aliphatic heterocycles. The summed E-state index contributed by atoms with van der Waals surface area (Å²) in [5.74, 6) is 0.138. The van der Waals surface area contributed by atoms with Crippen LogP contribution in [-0.4, -0.2) is 22.8 Å². The number of carbonyl (C=O) groups excluding carboxylic acids is 1. The van der Waals surface area contributed by atoms with Crippen LogP contribution < -0.4 is 0 Å². The maximum atomic E-state index is 11.9. The van der Waals surface area contributed by atoms with Crippen molar-refractivity contribution in [3.63, 3.8) is 0 Å². The maximum absolute atomic E-state index is 11.9. The van der Waals surface area contributed by atoms with Gasteiger partial charge in [-0.3, -0.25) is 4.79 Å². The Morgan fingerprint density at radius 3 is 2.68 bits per heavy atom. The summed E-state index contributed by atoms with van der Waals surface area (Å²) in [6, 6.07) is 0. The summed E-state index contributed by atoms with van der Waals surface area (Å²) in [5.41, 5.74) is 1.61. The van der Waals surface area contributed by atoms with E-state index in [1.165, 1.54) is 11.1 Å². The van der Waals surface area contributed by atoms with Gasteiger partial charge >= 0.3 is 5.97 Å². The number of rotatable bonds is 0. The highest BCUT2D eigenvalue weighted by atomic mass is 16.6. The second-order valence-electron chi connectivity index (χ2n) is 7.15. The van der Waals surface area contributed by atoms with E-state index in [4.69, 9.17) is 4.74 Å². The van der Waals surface area contributed by atoms with Crippen LogP contribution in [0.5, 0.6) is 0 Å². The summed E-state index contributed by atoms with van der Waals surface area (Å²) < 4.78 is 5.69. The average Bonchev–Trinajstić information content (AvgIpc) is 2.75. The number of fused-ring (bicyclic) bond motifs is 3.